The van der Waals surface area contributed by atoms with Crippen molar-refractivity contribution in [3.63, 3.8) is 0 Å². The molecular weight excluding hydrogens is 252 g/mol. The summed E-state index contributed by atoms with van der Waals surface area (Å²) in [5.41, 5.74) is 3.81. The fourth-order valence-corrected chi connectivity index (χ4v) is 1.96. The zero-order chi connectivity index (χ0) is 14.7. The molecule has 0 atom stereocenters. The minimum Gasteiger partial charge on any atom is -0.478 e. The van der Waals surface area contributed by atoms with Crippen LogP contribution in [0.1, 0.15) is 36.6 Å². The van der Waals surface area contributed by atoms with Crippen LogP contribution < -0.4 is 0 Å². The molecule has 4 heteroatoms. The molecule has 20 heavy (non-hydrogen) atoms. The van der Waals surface area contributed by atoms with Crippen LogP contribution in [0.15, 0.2) is 36.5 Å². The number of carboxylic acid groups (broad SMARTS) is 1. The van der Waals surface area contributed by atoms with Gasteiger partial charge in [-0.1, -0.05) is 25.5 Å². The van der Waals surface area contributed by atoms with Gasteiger partial charge in [-0.15, -0.1) is 0 Å². The van der Waals surface area contributed by atoms with Crippen molar-refractivity contribution in [1.82, 2.24) is 9.78 Å². The summed E-state index contributed by atoms with van der Waals surface area (Å²) in [4.78, 5) is 10.7. The van der Waals surface area contributed by atoms with E-state index in [0.29, 0.717) is 5.92 Å². The highest BCUT2D eigenvalue weighted by molar-refractivity contribution is 5.86. The van der Waals surface area contributed by atoms with Crippen molar-refractivity contribution >= 4 is 12.0 Å². The second-order valence-electron chi connectivity index (χ2n) is 5.07. The molecule has 2 rings (SSSR count). The van der Waals surface area contributed by atoms with Crippen LogP contribution in [0.25, 0.3) is 11.8 Å². The quantitative estimate of drug-likeness (QED) is 0.866. The fraction of sp³-hybridized carbons (Fsp3) is 0.250. The zero-order valence-electron chi connectivity index (χ0n) is 11.9. The number of aryl methyl sites for hydroxylation is 1. The molecule has 1 heterocycles. The van der Waals surface area contributed by atoms with E-state index < -0.39 is 5.97 Å². The van der Waals surface area contributed by atoms with Gasteiger partial charge in [0.15, 0.2) is 0 Å². The molecule has 0 saturated heterocycles. The topological polar surface area (TPSA) is 55.1 Å². The summed E-state index contributed by atoms with van der Waals surface area (Å²) in [7, 11) is 0. The molecule has 0 aliphatic carbocycles. The molecule has 0 aliphatic heterocycles. The van der Waals surface area contributed by atoms with Crippen LogP contribution in [-0.4, -0.2) is 20.9 Å². The minimum absolute atomic E-state index is 0.361. The van der Waals surface area contributed by atoms with Crippen LogP contribution in [0.3, 0.4) is 0 Å². The van der Waals surface area contributed by atoms with Crippen LogP contribution in [0, 0.1) is 6.92 Å². The molecular formula is C16H18N2O2. The fourth-order valence-electron chi connectivity index (χ4n) is 1.96. The first-order chi connectivity index (χ1) is 9.47. The normalized spacial score (nSPS) is 11.4. The maximum absolute atomic E-state index is 10.7. The monoisotopic (exact) mass is 270 g/mol. The number of benzene rings is 1. The standard InChI is InChI=1S/C16H18N2O2/c1-11(2)14-8-9-18(17-14)15-6-4-12(3)10-13(15)5-7-16(19)20/h4-11H,1-3H3,(H,19,20)/b7-5+. The Hall–Kier alpha value is -2.36. The summed E-state index contributed by atoms with van der Waals surface area (Å²) in [5.74, 6) is -0.597. The van der Waals surface area contributed by atoms with Gasteiger partial charge in [0.25, 0.3) is 0 Å². The number of nitrogens with zero attached hydrogens (tertiary/aromatic N) is 2. The summed E-state index contributed by atoms with van der Waals surface area (Å²) < 4.78 is 1.79. The van der Waals surface area contributed by atoms with Gasteiger partial charge >= 0.3 is 5.97 Å². The summed E-state index contributed by atoms with van der Waals surface area (Å²) >= 11 is 0. The second-order valence-corrected chi connectivity index (χ2v) is 5.07. The van der Waals surface area contributed by atoms with Crippen molar-refractivity contribution in [2.45, 2.75) is 26.7 Å². The lowest BCUT2D eigenvalue weighted by Crippen LogP contribution is -2.00. The van der Waals surface area contributed by atoms with Crippen molar-refractivity contribution in [1.29, 1.82) is 0 Å². The van der Waals surface area contributed by atoms with E-state index in [4.69, 9.17) is 5.11 Å². The van der Waals surface area contributed by atoms with Crippen LogP contribution in [0.2, 0.25) is 0 Å². The van der Waals surface area contributed by atoms with E-state index in [1.807, 2.05) is 37.4 Å². The number of rotatable bonds is 4. The SMILES string of the molecule is Cc1ccc(-n2ccc(C(C)C)n2)c(/C=C/C(=O)O)c1. The van der Waals surface area contributed by atoms with Crippen LogP contribution in [0.4, 0.5) is 0 Å². The number of hydrogen-bond donors (Lipinski definition) is 1. The van der Waals surface area contributed by atoms with Crippen LogP contribution in [-0.2, 0) is 4.79 Å². The predicted octanol–water partition coefficient (Wildman–Crippen LogP) is 3.40. The van der Waals surface area contributed by atoms with Crippen molar-refractivity contribution < 1.29 is 9.90 Å². The molecule has 1 N–H and O–H groups in total. The average Bonchev–Trinajstić information content (AvgIpc) is 2.86. The smallest absolute Gasteiger partial charge is 0.328 e. The van der Waals surface area contributed by atoms with E-state index in [1.54, 1.807) is 10.8 Å². The molecule has 1 aromatic carbocycles. The van der Waals surface area contributed by atoms with Gasteiger partial charge in [0.1, 0.15) is 0 Å². The van der Waals surface area contributed by atoms with Crippen molar-refractivity contribution in [2.75, 3.05) is 0 Å². The van der Waals surface area contributed by atoms with E-state index in [0.717, 1.165) is 28.6 Å². The molecule has 1 aromatic heterocycles. The first kappa shape index (κ1) is 14.1. The van der Waals surface area contributed by atoms with Gasteiger partial charge in [0.2, 0.25) is 0 Å². The number of aromatic nitrogens is 2. The predicted molar refractivity (Wildman–Crippen MR) is 79.1 cm³/mol. The van der Waals surface area contributed by atoms with Crippen LogP contribution >= 0.6 is 0 Å². The van der Waals surface area contributed by atoms with E-state index in [9.17, 15) is 4.79 Å². The third-order valence-corrected chi connectivity index (χ3v) is 3.04. The maximum atomic E-state index is 10.7. The lowest BCUT2D eigenvalue weighted by molar-refractivity contribution is -0.131. The Morgan fingerprint density at radius 2 is 2.10 bits per heavy atom. The molecule has 104 valence electrons. The molecule has 0 radical (unpaired) electrons. The van der Waals surface area contributed by atoms with E-state index in [2.05, 4.69) is 18.9 Å². The Morgan fingerprint density at radius 3 is 2.70 bits per heavy atom. The average molecular weight is 270 g/mol. The highest BCUT2D eigenvalue weighted by Crippen LogP contribution is 2.20. The summed E-state index contributed by atoms with van der Waals surface area (Å²) in [6.45, 7) is 6.16. The van der Waals surface area contributed by atoms with Crippen LogP contribution in [0.5, 0.6) is 0 Å². The van der Waals surface area contributed by atoms with Crippen molar-refractivity contribution in [3.8, 4) is 5.69 Å². The van der Waals surface area contributed by atoms with E-state index in [1.165, 1.54) is 0 Å². The molecule has 0 bridgehead atoms. The maximum Gasteiger partial charge on any atom is 0.328 e. The first-order valence-electron chi connectivity index (χ1n) is 6.55. The third-order valence-electron chi connectivity index (χ3n) is 3.04. The minimum atomic E-state index is -0.958. The van der Waals surface area contributed by atoms with Gasteiger partial charge in [0.05, 0.1) is 11.4 Å². The first-order valence-corrected chi connectivity index (χ1v) is 6.55. The Bertz CT molecular complexity index is 654. The Kier molecular flexibility index (Phi) is 4.03. The van der Waals surface area contributed by atoms with Gasteiger partial charge in [-0.25, -0.2) is 9.48 Å². The Balaban J connectivity index is 2.46. The lowest BCUT2D eigenvalue weighted by Gasteiger charge is -2.08. The van der Waals surface area contributed by atoms with Crippen molar-refractivity contribution in [2.24, 2.45) is 0 Å². The third kappa shape index (κ3) is 3.15. The zero-order valence-corrected chi connectivity index (χ0v) is 11.9. The Morgan fingerprint density at radius 1 is 1.35 bits per heavy atom. The molecule has 0 aliphatic rings. The highest BCUT2D eigenvalue weighted by Gasteiger charge is 2.07. The van der Waals surface area contributed by atoms with Gasteiger partial charge in [-0.3, -0.25) is 0 Å². The number of aliphatic carboxylic acids is 1. The summed E-state index contributed by atoms with van der Waals surface area (Å²) in [5, 5.41) is 13.3. The van der Waals surface area contributed by atoms with Gasteiger partial charge < -0.3 is 5.11 Å². The van der Waals surface area contributed by atoms with E-state index >= 15 is 0 Å². The highest BCUT2D eigenvalue weighted by atomic mass is 16.4. The second kappa shape index (κ2) is 5.74. The molecule has 2 aromatic rings. The molecule has 0 unspecified atom stereocenters. The molecule has 0 saturated carbocycles. The van der Waals surface area contributed by atoms with Gasteiger partial charge in [-0.05, 0) is 37.1 Å². The van der Waals surface area contributed by atoms with Crippen molar-refractivity contribution in [3.05, 3.63) is 53.4 Å². The number of hydrogen-bond acceptors (Lipinski definition) is 2. The number of carboxylic acids is 1. The number of carbonyl (C=O) groups is 1. The Labute approximate surface area is 118 Å². The summed E-state index contributed by atoms with van der Waals surface area (Å²) in [6, 6.07) is 7.87. The molecule has 0 spiro atoms. The lowest BCUT2D eigenvalue weighted by atomic mass is 10.1. The van der Waals surface area contributed by atoms with E-state index in [-0.39, 0.29) is 0 Å². The summed E-state index contributed by atoms with van der Waals surface area (Å²) in [6.07, 6.45) is 4.64. The molecule has 0 amide bonds. The largest absolute Gasteiger partial charge is 0.478 e. The molecule has 4 nitrogen and oxygen atoms in total. The molecule has 0 fully saturated rings. The van der Waals surface area contributed by atoms with Gasteiger partial charge in [0, 0.05) is 17.8 Å². The van der Waals surface area contributed by atoms with Gasteiger partial charge in [-0.2, -0.15) is 5.10 Å².